The lowest BCUT2D eigenvalue weighted by molar-refractivity contribution is 0.886. The van der Waals surface area contributed by atoms with Gasteiger partial charge in [0.2, 0.25) is 0 Å². The van der Waals surface area contributed by atoms with Crippen LogP contribution in [0.25, 0.3) is 17.1 Å². The van der Waals surface area contributed by atoms with Gasteiger partial charge in [0.25, 0.3) is 0 Å². The van der Waals surface area contributed by atoms with Crippen LogP contribution in [0.4, 0.5) is 0 Å². The Hall–Kier alpha value is -2.49. The van der Waals surface area contributed by atoms with Crippen molar-refractivity contribution in [2.75, 3.05) is 0 Å². The van der Waals surface area contributed by atoms with Crippen LogP contribution in [0.1, 0.15) is 11.1 Å². The Morgan fingerprint density at radius 2 is 1.70 bits per heavy atom. The van der Waals surface area contributed by atoms with Gasteiger partial charge in [-0.25, -0.2) is 0 Å². The van der Waals surface area contributed by atoms with Crippen LogP contribution in [0.3, 0.4) is 0 Å². The van der Waals surface area contributed by atoms with Crippen molar-refractivity contribution in [1.29, 1.82) is 5.26 Å². The van der Waals surface area contributed by atoms with Gasteiger partial charge in [-0.05, 0) is 48.0 Å². The average Bonchev–Trinajstić information content (AvgIpc) is 3.18. The molecule has 4 nitrogen and oxygen atoms in total. The molecule has 0 atom stereocenters. The summed E-state index contributed by atoms with van der Waals surface area (Å²) in [5, 5.41) is 20.1. The van der Waals surface area contributed by atoms with E-state index in [4.69, 9.17) is 40.1 Å². The van der Waals surface area contributed by atoms with E-state index in [1.165, 1.54) is 11.8 Å². The maximum atomic E-state index is 9.12. The number of halogens is 3. The van der Waals surface area contributed by atoms with Gasteiger partial charge in [-0.15, -0.1) is 10.2 Å². The molecule has 0 aliphatic rings. The molecule has 148 valence electrons. The molecule has 30 heavy (non-hydrogen) atoms. The fraction of sp³-hybridized carbons (Fsp3) is 0.0455. The van der Waals surface area contributed by atoms with Gasteiger partial charge in [0.05, 0.1) is 32.4 Å². The Morgan fingerprint density at radius 3 is 2.47 bits per heavy atom. The number of rotatable bonds is 5. The Kier molecular flexibility index (Phi) is 6.31. The van der Waals surface area contributed by atoms with E-state index in [0.29, 0.717) is 37.4 Å². The highest BCUT2D eigenvalue weighted by Crippen LogP contribution is 2.34. The minimum absolute atomic E-state index is 0.436. The minimum Gasteiger partial charge on any atom is -0.270 e. The third-order valence-corrected chi connectivity index (χ3v) is 6.40. The molecule has 0 fully saturated rings. The first-order valence-electron chi connectivity index (χ1n) is 8.84. The van der Waals surface area contributed by atoms with Crippen molar-refractivity contribution < 1.29 is 0 Å². The highest BCUT2D eigenvalue weighted by atomic mass is 35.5. The molecule has 0 aliphatic carbocycles. The number of benzene rings is 3. The van der Waals surface area contributed by atoms with Crippen LogP contribution in [0.2, 0.25) is 15.1 Å². The number of nitrogens with zero attached hydrogens (tertiary/aromatic N) is 4. The summed E-state index contributed by atoms with van der Waals surface area (Å²) in [7, 11) is 0. The Morgan fingerprint density at radius 1 is 0.867 bits per heavy atom. The van der Waals surface area contributed by atoms with Crippen LogP contribution in [-0.2, 0) is 5.75 Å². The largest absolute Gasteiger partial charge is 0.270 e. The molecular weight excluding hydrogens is 459 g/mol. The van der Waals surface area contributed by atoms with Gasteiger partial charge in [0, 0.05) is 11.3 Å². The molecule has 1 heterocycles. The van der Waals surface area contributed by atoms with Crippen molar-refractivity contribution in [2.45, 2.75) is 10.9 Å². The summed E-state index contributed by atoms with van der Waals surface area (Å²) in [6.45, 7) is 0. The van der Waals surface area contributed by atoms with Crippen LogP contribution in [-0.4, -0.2) is 14.8 Å². The second-order valence-electron chi connectivity index (χ2n) is 6.32. The van der Waals surface area contributed by atoms with Crippen molar-refractivity contribution >= 4 is 46.6 Å². The molecule has 0 radical (unpaired) electrons. The molecule has 0 N–H and O–H groups in total. The predicted octanol–water partition coefficient (Wildman–Crippen LogP) is 7.06. The number of thioether (sulfide) groups is 1. The lowest BCUT2D eigenvalue weighted by atomic mass is 10.2. The van der Waals surface area contributed by atoms with Crippen molar-refractivity contribution in [3.63, 3.8) is 0 Å². The Bertz CT molecular complexity index is 1260. The van der Waals surface area contributed by atoms with Gasteiger partial charge in [0.1, 0.15) is 0 Å². The quantitative estimate of drug-likeness (QED) is 0.292. The molecule has 0 amide bonds. The van der Waals surface area contributed by atoms with Gasteiger partial charge >= 0.3 is 0 Å². The van der Waals surface area contributed by atoms with Crippen molar-refractivity contribution in [2.24, 2.45) is 0 Å². The first-order valence-corrected chi connectivity index (χ1v) is 11.0. The van der Waals surface area contributed by atoms with E-state index in [2.05, 4.69) is 16.3 Å². The van der Waals surface area contributed by atoms with E-state index in [1.54, 1.807) is 18.2 Å². The molecule has 1 aromatic heterocycles. The van der Waals surface area contributed by atoms with Gasteiger partial charge < -0.3 is 0 Å². The van der Waals surface area contributed by atoms with Crippen LogP contribution < -0.4 is 0 Å². The van der Waals surface area contributed by atoms with Crippen LogP contribution in [0.5, 0.6) is 0 Å². The molecule has 0 unspecified atom stereocenters. The van der Waals surface area contributed by atoms with Crippen molar-refractivity contribution in [3.05, 3.63) is 92.9 Å². The first kappa shape index (κ1) is 20.8. The molecule has 4 rings (SSSR count). The van der Waals surface area contributed by atoms with Crippen molar-refractivity contribution in [1.82, 2.24) is 14.8 Å². The SMILES string of the molecule is N#Cc1cccc(CSc2nnc(-c3ccccc3Cl)n2-c2ccc(Cl)c(Cl)c2)c1. The summed E-state index contributed by atoms with van der Waals surface area (Å²) in [6, 6.07) is 22.5. The van der Waals surface area contributed by atoms with Gasteiger partial charge in [-0.2, -0.15) is 5.26 Å². The van der Waals surface area contributed by atoms with E-state index in [0.717, 1.165) is 16.8 Å². The third kappa shape index (κ3) is 4.33. The zero-order valence-corrected chi connectivity index (χ0v) is 18.5. The van der Waals surface area contributed by atoms with Gasteiger partial charge in [-0.1, -0.05) is 70.8 Å². The highest BCUT2D eigenvalue weighted by Gasteiger charge is 2.19. The number of hydrogen-bond donors (Lipinski definition) is 0. The van der Waals surface area contributed by atoms with Gasteiger partial charge in [0.15, 0.2) is 11.0 Å². The Labute approximate surface area is 193 Å². The summed E-state index contributed by atoms with van der Waals surface area (Å²) < 4.78 is 1.90. The second-order valence-corrected chi connectivity index (χ2v) is 8.48. The number of nitriles is 1. The maximum absolute atomic E-state index is 9.12. The summed E-state index contributed by atoms with van der Waals surface area (Å²) in [5.41, 5.74) is 3.17. The number of hydrogen-bond acceptors (Lipinski definition) is 4. The topological polar surface area (TPSA) is 54.5 Å². The smallest absolute Gasteiger partial charge is 0.196 e. The fourth-order valence-corrected chi connectivity index (χ4v) is 4.32. The minimum atomic E-state index is 0.436. The summed E-state index contributed by atoms with van der Waals surface area (Å²) in [5.74, 6) is 1.23. The van der Waals surface area contributed by atoms with Gasteiger partial charge in [-0.3, -0.25) is 4.57 Å². The molecular formula is C22H13Cl3N4S. The van der Waals surface area contributed by atoms with Crippen LogP contribution >= 0.6 is 46.6 Å². The molecule has 4 aromatic rings. The monoisotopic (exact) mass is 470 g/mol. The zero-order chi connectivity index (χ0) is 21.1. The van der Waals surface area contributed by atoms with Crippen LogP contribution in [0, 0.1) is 11.3 Å². The normalized spacial score (nSPS) is 10.7. The van der Waals surface area contributed by atoms with E-state index in [1.807, 2.05) is 53.1 Å². The maximum Gasteiger partial charge on any atom is 0.196 e. The molecule has 0 saturated heterocycles. The fourth-order valence-electron chi connectivity index (χ4n) is 2.92. The van der Waals surface area contributed by atoms with E-state index in [9.17, 15) is 0 Å². The molecule has 0 aliphatic heterocycles. The second kappa shape index (κ2) is 9.11. The molecule has 3 aromatic carbocycles. The average molecular weight is 472 g/mol. The first-order chi connectivity index (χ1) is 14.6. The Balaban J connectivity index is 1.77. The molecule has 0 spiro atoms. The summed E-state index contributed by atoms with van der Waals surface area (Å²) >= 11 is 20.3. The summed E-state index contributed by atoms with van der Waals surface area (Å²) in [4.78, 5) is 0. The summed E-state index contributed by atoms with van der Waals surface area (Å²) in [6.07, 6.45) is 0. The standard InChI is InChI=1S/C22H13Cl3N4S/c23-18-7-2-1-6-17(18)21-27-28-22(29(21)16-8-9-19(24)20(25)11-16)30-13-15-5-3-4-14(10-15)12-26/h1-11H,13H2. The lowest BCUT2D eigenvalue weighted by Gasteiger charge is -2.12. The molecule has 0 bridgehead atoms. The van der Waals surface area contributed by atoms with E-state index < -0.39 is 0 Å². The van der Waals surface area contributed by atoms with Crippen LogP contribution in [0.15, 0.2) is 71.9 Å². The predicted molar refractivity (Wildman–Crippen MR) is 123 cm³/mol. The molecule has 8 heteroatoms. The van der Waals surface area contributed by atoms with Crippen molar-refractivity contribution in [3.8, 4) is 23.1 Å². The number of aromatic nitrogens is 3. The lowest BCUT2D eigenvalue weighted by Crippen LogP contribution is -2.00. The third-order valence-electron chi connectivity index (χ3n) is 4.33. The molecule has 0 saturated carbocycles. The highest BCUT2D eigenvalue weighted by molar-refractivity contribution is 7.98. The van der Waals surface area contributed by atoms with E-state index >= 15 is 0 Å². The van der Waals surface area contributed by atoms with E-state index in [-0.39, 0.29) is 0 Å². The zero-order valence-electron chi connectivity index (χ0n) is 15.4.